The molecule has 0 bridgehead atoms. The Bertz CT molecular complexity index is 901. The number of rotatable bonds is 40. The second-order valence-corrected chi connectivity index (χ2v) is 16.4. The van der Waals surface area contributed by atoms with Gasteiger partial charge < -0.3 is 19.5 Å². The highest BCUT2D eigenvalue weighted by Crippen LogP contribution is 2.13. The standard InChI is InChI=1S/C48H90N2O6/c1-7-9-11-13-15-17-19-21-23-25-27-29-31-33-35-37-46(51)54-41-45(56-48(53)49-39-40-50(43(3)4)44(5)6)42-55-47(52)38-36-34-32-30-28-26-24-22-20-18-16-14-12-10-8-2/h21-24,43-45H,7-20,25-42H2,1-6H3,(H,49,53)/b23-21-,24-22-. The fourth-order valence-corrected chi connectivity index (χ4v) is 6.91. The highest BCUT2D eigenvalue weighted by molar-refractivity contribution is 5.70. The number of carbonyl (C=O) groups excluding carboxylic acids is 3. The lowest BCUT2D eigenvalue weighted by Gasteiger charge is -2.30. The Kier molecular flexibility index (Phi) is 39.1. The number of amides is 1. The van der Waals surface area contributed by atoms with Gasteiger partial charge in [0.1, 0.15) is 13.2 Å². The molecular weight excluding hydrogens is 701 g/mol. The average molecular weight is 791 g/mol. The molecular formula is C48H90N2O6. The van der Waals surface area contributed by atoms with E-state index in [1.54, 1.807) is 0 Å². The molecule has 0 rings (SSSR count). The lowest BCUT2D eigenvalue weighted by Crippen LogP contribution is -2.43. The first-order valence-electron chi connectivity index (χ1n) is 23.5. The van der Waals surface area contributed by atoms with E-state index in [9.17, 15) is 14.4 Å². The van der Waals surface area contributed by atoms with E-state index in [0.717, 1.165) is 64.2 Å². The molecule has 0 atom stereocenters. The first-order chi connectivity index (χ1) is 27.2. The van der Waals surface area contributed by atoms with Crippen LogP contribution in [-0.4, -0.2) is 67.4 Å². The van der Waals surface area contributed by atoms with E-state index in [-0.39, 0.29) is 25.2 Å². The number of allylic oxidation sites excluding steroid dienone is 4. The largest absolute Gasteiger partial charge is 0.462 e. The minimum Gasteiger partial charge on any atom is -0.462 e. The van der Waals surface area contributed by atoms with Crippen LogP contribution in [0, 0.1) is 0 Å². The van der Waals surface area contributed by atoms with Crippen LogP contribution in [0.2, 0.25) is 0 Å². The van der Waals surface area contributed by atoms with Crippen molar-refractivity contribution in [2.75, 3.05) is 26.3 Å². The summed E-state index contributed by atoms with van der Waals surface area (Å²) in [5.74, 6) is -0.637. The monoisotopic (exact) mass is 791 g/mol. The summed E-state index contributed by atoms with van der Waals surface area (Å²) in [6.07, 6.45) is 39.6. The Morgan fingerprint density at radius 3 is 1.20 bits per heavy atom. The van der Waals surface area contributed by atoms with Crippen molar-refractivity contribution in [1.29, 1.82) is 0 Å². The van der Waals surface area contributed by atoms with E-state index in [1.807, 2.05) is 0 Å². The minimum absolute atomic E-state index is 0.137. The van der Waals surface area contributed by atoms with Crippen LogP contribution in [0.25, 0.3) is 0 Å². The van der Waals surface area contributed by atoms with Gasteiger partial charge in [0.05, 0.1) is 0 Å². The number of nitrogens with zero attached hydrogens (tertiary/aromatic N) is 1. The van der Waals surface area contributed by atoms with Crippen LogP contribution in [0.1, 0.15) is 221 Å². The van der Waals surface area contributed by atoms with Crippen LogP contribution in [0.3, 0.4) is 0 Å². The molecule has 0 aliphatic heterocycles. The van der Waals surface area contributed by atoms with Crippen molar-refractivity contribution in [3.05, 3.63) is 24.3 Å². The summed E-state index contributed by atoms with van der Waals surface area (Å²) in [6, 6.07) is 0.700. The summed E-state index contributed by atoms with van der Waals surface area (Å²) < 4.78 is 16.6. The Labute approximate surface area is 346 Å². The maximum absolute atomic E-state index is 12.7. The van der Waals surface area contributed by atoms with Gasteiger partial charge in [0.25, 0.3) is 0 Å². The number of esters is 2. The van der Waals surface area contributed by atoms with Gasteiger partial charge in [-0.1, -0.05) is 141 Å². The predicted octanol–water partition coefficient (Wildman–Crippen LogP) is 13.4. The van der Waals surface area contributed by atoms with E-state index >= 15 is 0 Å². The molecule has 0 aromatic heterocycles. The highest BCUT2D eigenvalue weighted by atomic mass is 16.6. The molecule has 0 aromatic carbocycles. The number of alkyl carbamates (subject to hydrolysis) is 1. The van der Waals surface area contributed by atoms with Gasteiger partial charge in [0.15, 0.2) is 6.10 Å². The first kappa shape index (κ1) is 53.6. The number of hydrogen-bond donors (Lipinski definition) is 1. The molecule has 0 heterocycles. The van der Waals surface area contributed by atoms with E-state index < -0.39 is 12.2 Å². The molecule has 0 saturated heterocycles. The number of unbranched alkanes of at least 4 members (excludes halogenated alkanes) is 22. The van der Waals surface area contributed by atoms with E-state index in [2.05, 4.69) is 76.1 Å². The molecule has 56 heavy (non-hydrogen) atoms. The first-order valence-corrected chi connectivity index (χ1v) is 23.5. The maximum atomic E-state index is 12.7. The van der Waals surface area contributed by atoms with Crippen molar-refractivity contribution >= 4 is 18.0 Å². The smallest absolute Gasteiger partial charge is 0.407 e. The topological polar surface area (TPSA) is 94.2 Å². The summed E-state index contributed by atoms with van der Waals surface area (Å²) >= 11 is 0. The maximum Gasteiger partial charge on any atom is 0.407 e. The number of nitrogens with one attached hydrogen (secondary N) is 1. The second kappa shape index (κ2) is 40.8. The normalized spacial score (nSPS) is 11.9. The van der Waals surface area contributed by atoms with Crippen LogP contribution < -0.4 is 5.32 Å². The third-order valence-electron chi connectivity index (χ3n) is 10.4. The number of ether oxygens (including phenoxy) is 3. The van der Waals surface area contributed by atoms with Crippen LogP contribution in [0.5, 0.6) is 0 Å². The lowest BCUT2D eigenvalue weighted by molar-refractivity contribution is -0.152. The molecule has 0 aliphatic carbocycles. The third kappa shape index (κ3) is 37.2. The van der Waals surface area contributed by atoms with Crippen LogP contribution >= 0.6 is 0 Å². The van der Waals surface area contributed by atoms with Crippen molar-refractivity contribution in [3.63, 3.8) is 0 Å². The highest BCUT2D eigenvalue weighted by Gasteiger charge is 2.20. The molecule has 328 valence electrons. The summed E-state index contributed by atoms with van der Waals surface area (Å²) in [5.41, 5.74) is 0. The van der Waals surface area contributed by atoms with Gasteiger partial charge in [-0.25, -0.2) is 4.79 Å². The SMILES string of the molecule is CCCCCCCC/C=C\CCCCCCCC(=O)OCC(COC(=O)CCCCCCC/C=C\CCCCCCCC)OC(=O)NCCN(C(C)C)C(C)C. The van der Waals surface area contributed by atoms with Gasteiger partial charge in [-0.2, -0.15) is 0 Å². The van der Waals surface area contributed by atoms with Gasteiger partial charge in [-0.3, -0.25) is 14.5 Å². The average Bonchev–Trinajstić information content (AvgIpc) is 3.17. The molecule has 8 heteroatoms. The molecule has 0 fully saturated rings. The number of carbonyl (C=O) groups is 3. The van der Waals surface area contributed by atoms with Gasteiger partial charge in [0, 0.05) is 38.0 Å². The van der Waals surface area contributed by atoms with Crippen molar-refractivity contribution in [2.45, 2.75) is 240 Å². The Hall–Kier alpha value is -2.35. The quantitative estimate of drug-likeness (QED) is 0.0286. The van der Waals surface area contributed by atoms with E-state index in [0.29, 0.717) is 38.0 Å². The zero-order chi connectivity index (χ0) is 41.3. The van der Waals surface area contributed by atoms with Crippen molar-refractivity contribution in [3.8, 4) is 0 Å². The summed E-state index contributed by atoms with van der Waals surface area (Å²) in [4.78, 5) is 40.1. The van der Waals surface area contributed by atoms with E-state index in [1.165, 1.54) is 103 Å². The zero-order valence-corrected chi connectivity index (χ0v) is 37.6. The van der Waals surface area contributed by atoms with Crippen molar-refractivity contribution < 1.29 is 28.6 Å². The molecule has 0 unspecified atom stereocenters. The molecule has 0 aromatic rings. The van der Waals surface area contributed by atoms with Gasteiger partial charge >= 0.3 is 18.0 Å². The molecule has 0 saturated carbocycles. The molecule has 0 radical (unpaired) electrons. The van der Waals surface area contributed by atoms with E-state index in [4.69, 9.17) is 14.2 Å². The summed E-state index contributed by atoms with van der Waals surface area (Å²) in [7, 11) is 0. The zero-order valence-electron chi connectivity index (χ0n) is 37.6. The molecule has 8 nitrogen and oxygen atoms in total. The molecule has 1 N–H and O–H groups in total. The van der Waals surface area contributed by atoms with Gasteiger partial charge in [0.2, 0.25) is 0 Å². The van der Waals surface area contributed by atoms with Crippen LogP contribution in [0.4, 0.5) is 4.79 Å². The van der Waals surface area contributed by atoms with Crippen LogP contribution in [-0.2, 0) is 23.8 Å². The number of hydrogen-bond acceptors (Lipinski definition) is 7. The minimum atomic E-state index is -0.863. The lowest BCUT2D eigenvalue weighted by atomic mass is 10.1. The second-order valence-electron chi connectivity index (χ2n) is 16.4. The molecule has 0 aliphatic rings. The fourth-order valence-electron chi connectivity index (χ4n) is 6.91. The molecule has 0 spiro atoms. The predicted molar refractivity (Wildman–Crippen MR) is 236 cm³/mol. The van der Waals surface area contributed by atoms with Crippen LogP contribution in [0.15, 0.2) is 24.3 Å². The Morgan fingerprint density at radius 1 is 0.500 bits per heavy atom. The summed E-state index contributed by atoms with van der Waals surface area (Å²) in [5, 5.41) is 2.80. The third-order valence-corrected chi connectivity index (χ3v) is 10.4. The Balaban J connectivity index is 4.40. The van der Waals surface area contributed by atoms with Gasteiger partial charge in [-0.05, 0) is 91.9 Å². The van der Waals surface area contributed by atoms with Crippen molar-refractivity contribution in [2.24, 2.45) is 0 Å². The fraction of sp³-hybridized carbons (Fsp3) is 0.854. The van der Waals surface area contributed by atoms with Crippen molar-refractivity contribution in [1.82, 2.24) is 10.2 Å². The molecule has 1 amide bonds. The summed E-state index contributed by atoms with van der Waals surface area (Å²) in [6.45, 7) is 13.9. The van der Waals surface area contributed by atoms with Gasteiger partial charge in [-0.15, -0.1) is 0 Å². The Morgan fingerprint density at radius 2 is 0.839 bits per heavy atom.